The number of hydrogen-bond acceptors (Lipinski definition) is 6. The summed E-state index contributed by atoms with van der Waals surface area (Å²) in [6.45, 7) is 1.60. The van der Waals surface area contributed by atoms with Crippen LogP contribution >= 0.6 is 0 Å². The molecular formula is C16H17F2N5O2S. The Hall–Kier alpha value is -2.62. The van der Waals surface area contributed by atoms with Crippen molar-refractivity contribution < 1.29 is 17.8 Å². The molecule has 0 aliphatic carbocycles. The molecule has 0 saturated carbocycles. The Bertz CT molecular complexity index is 994. The number of carbonyl (C=O) groups excluding carboxylic acids is 1. The van der Waals surface area contributed by atoms with E-state index in [9.17, 15) is 17.8 Å². The van der Waals surface area contributed by atoms with Gasteiger partial charge in [0.2, 0.25) is 11.1 Å². The fourth-order valence-electron chi connectivity index (χ4n) is 2.74. The maximum absolute atomic E-state index is 13.9. The Morgan fingerprint density at radius 1 is 1.35 bits per heavy atom. The first-order valence-electron chi connectivity index (χ1n) is 7.90. The molecular weight excluding hydrogens is 364 g/mol. The van der Waals surface area contributed by atoms with Crippen LogP contribution in [0.25, 0.3) is 0 Å². The number of hydrogen-bond donors (Lipinski definition) is 2. The van der Waals surface area contributed by atoms with E-state index in [0.29, 0.717) is 12.0 Å². The van der Waals surface area contributed by atoms with E-state index >= 15 is 0 Å². The second kappa shape index (κ2) is 6.60. The van der Waals surface area contributed by atoms with Crippen LogP contribution in [0.15, 0.2) is 23.4 Å². The first-order chi connectivity index (χ1) is 12.2. The SMILES string of the molecule is CCCS(=N)(=O)c1nc(N)c2c(n1)N(Cc1ccc(F)cc1F)C(=O)C2. The molecule has 3 N–H and O–H groups in total. The van der Waals surface area contributed by atoms with Crippen molar-refractivity contribution >= 4 is 27.3 Å². The minimum absolute atomic E-state index is 0.0171. The molecule has 0 spiro atoms. The Kier molecular flexibility index (Phi) is 4.61. The second-order valence-corrected chi connectivity index (χ2v) is 8.09. The number of halogens is 2. The molecule has 0 fully saturated rings. The number of aromatic nitrogens is 2. The average Bonchev–Trinajstić information content (AvgIpc) is 2.87. The summed E-state index contributed by atoms with van der Waals surface area (Å²) >= 11 is 0. The summed E-state index contributed by atoms with van der Waals surface area (Å²) in [5, 5.41) is -0.241. The maximum Gasteiger partial charge on any atom is 0.233 e. The summed E-state index contributed by atoms with van der Waals surface area (Å²) in [6.07, 6.45) is 0.420. The van der Waals surface area contributed by atoms with Gasteiger partial charge in [-0.15, -0.1) is 0 Å². The van der Waals surface area contributed by atoms with Gasteiger partial charge in [-0.1, -0.05) is 13.0 Å². The molecule has 10 heteroatoms. The Morgan fingerprint density at radius 2 is 2.08 bits per heavy atom. The summed E-state index contributed by atoms with van der Waals surface area (Å²) in [7, 11) is -3.25. The zero-order chi connectivity index (χ0) is 19.1. The number of rotatable bonds is 5. The lowest BCUT2D eigenvalue weighted by Gasteiger charge is -2.18. The molecule has 0 bridgehead atoms. The van der Waals surface area contributed by atoms with Crippen LogP contribution in [0, 0.1) is 16.4 Å². The van der Waals surface area contributed by atoms with Gasteiger partial charge in [-0.3, -0.25) is 9.69 Å². The first-order valence-corrected chi connectivity index (χ1v) is 9.63. The molecule has 1 amide bonds. The number of amides is 1. The molecule has 1 aliphatic heterocycles. The van der Waals surface area contributed by atoms with Gasteiger partial charge in [-0.25, -0.2) is 27.7 Å². The maximum atomic E-state index is 13.9. The van der Waals surface area contributed by atoms with Crippen LogP contribution in [0.1, 0.15) is 24.5 Å². The zero-order valence-electron chi connectivity index (χ0n) is 14.0. The number of fused-ring (bicyclic) bond motifs is 1. The van der Waals surface area contributed by atoms with E-state index in [4.69, 9.17) is 10.5 Å². The largest absolute Gasteiger partial charge is 0.383 e. The summed E-state index contributed by atoms with van der Waals surface area (Å²) in [6, 6.07) is 3.07. The topological polar surface area (TPSA) is 113 Å². The number of nitrogen functional groups attached to an aromatic ring is 1. The van der Waals surface area contributed by atoms with Crippen LogP contribution in [0.2, 0.25) is 0 Å². The van der Waals surface area contributed by atoms with Crippen LogP contribution < -0.4 is 10.6 Å². The molecule has 0 radical (unpaired) electrons. The Labute approximate surface area is 149 Å². The fraction of sp³-hybridized carbons (Fsp3) is 0.312. The third kappa shape index (κ3) is 3.24. The number of benzene rings is 1. The molecule has 138 valence electrons. The standard InChI is InChI=1S/C16H17F2N5O2S/c1-2-5-26(20,25)16-21-14(19)11-7-13(24)23(15(11)22-16)8-9-3-4-10(17)6-12(9)18/h3-4,6,20H,2,5,7-8H2,1H3,(H2,19,21,22). The molecule has 2 aromatic rings. The van der Waals surface area contributed by atoms with Crippen LogP contribution in [-0.2, 0) is 27.5 Å². The molecule has 2 heterocycles. The number of nitrogens with zero attached hydrogens (tertiary/aromatic N) is 3. The van der Waals surface area contributed by atoms with Gasteiger partial charge in [0, 0.05) is 22.9 Å². The van der Waals surface area contributed by atoms with Gasteiger partial charge in [0.1, 0.15) is 33.0 Å². The van der Waals surface area contributed by atoms with E-state index in [1.54, 1.807) is 6.92 Å². The van der Waals surface area contributed by atoms with Crippen molar-refractivity contribution in [2.45, 2.75) is 31.5 Å². The molecule has 1 aromatic heterocycles. The van der Waals surface area contributed by atoms with Gasteiger partial charge in [0.05, 0.1) is 13.0 Å². The summed E-state index contributed by atoms with van der Waals surface area (Å²) in [5.41, 5.74) is 6.33. The first kappa shape index (κ1) is 18.2. The molecule has 3 rings (SSSR count). The van der Waals surface area contributed by atoms with Gasteiger partial charge < -0.3 is 5.73 Å². The fourth-order valence-corrected chi connectivity index (χ4v) is 3.97. The smallest absolute Gasteiger partial charge is 0.233 e. The quantitative estimate of drug-likeness (QED) is 0.771. The van der Waals surface area contributed by atoms with E-state index in [2.05, 4.69) is 9.97 Å². The van der Waals surface area contributed by atoms with Crippen molar-refractivity contribution in [3.8, 4) is 0 Å². The Morgan fingerprint density at radius 3 is 2.73 bits per heavy atom. The van der Waals surface area contributed by atoms with E-state index in [1.165, 1.54) is 11.0 Å². The van der Waals surface area contributed by atoms with Gasteiger partial charge in [-0.05, 0) is 12.5 Å². The Balaban J connectivity index is 2.04. The third-order valence-corrected chi connectivity index (χ3v) is 5.77. The number of carbonyl (C=O) groups is 1. The predicted molar refractivity (Wildman–Crippen MR) is 92.0 cm³/mol. The van der Waals surface area contributed by atoms with Gasteiger partial charge in [-0.2, -0.15) is 0 Å². The van der Waals surface area contributed by atoms with Crippen molar-refractivity contribution in [2.75, 3.05) is 16.4 Å². The van der Waals surface area contributed by atoms with E-state index in [-0.39, 0.29) is 47.0 Å². The summed E-state index contributed by atoms with van der Waals surface area (Å²) in [5.74, 6) is -1.72. The van der Waals surface area contributed by atoms with Crippen molar-refractivity contribution in [3.05, 3.63) is 41.0 Å². The van der Waals surface area contributed by atoms with Gasteiger partial charge >= 0.3 is 0 Å². The minimum atomic E-state index is -3.25. The second-order valence-electron chi connectivity index (χ2n) is 5.97. The number of nitrogens with one attached hydrogen (secondary N) is 1. The van der Waals surface area contributed by atoms with Crippen molar-refractivity contribution in [2.24, 2.45) is 0 Å². The normalized spacial score (nSPS) is 15.8. The van der Waals surface area contributed by atoms with Crippen LogP contribution in [0.4, 0.5) is 20.4 Å². The highest BCUT2D eigenvalue weighted by Gasteiger charge is 2.33. The van der Waals surface area contributed by atoms with E-state index in [0.717, 1.165) is 12.1 Å². The minimum Gasteiger partial charge on any atom is -0.383 e. The third-order valence-electron chi connectivity index (χ3n) is 4.01. The molecule has 1 aromatic carbocycles. The van der Waals surface area contributed by atoms with E-state index in [1.807, 2.05) is 0 Å². The molecule has 1 atom stereocenters. The monoisotopic (exact) mass is 381 g/mol. The number of anilines is 2. The van der Waals surface area contributed by atoms with Crippen LogP contribution in [0.3, 0.4) is 0 Å². The van der Waals surface area contributed by atoms with Crippen molar-refractivity contribution in [3.63, 3.8) is 0 Å². The number of nitrogens with two attached hydrogens (primary N) is 1. The lowest BCUT2D eigenvalue weighted by atomic mass is 10.2. The molecule has 0 saturated heterocycles. The van der Waals surface area contributed by atoms with Gasteiger partial charge in [0.25, 0.3) is 0 Å². The van der Waals surface area contributed by atoms with E-state index < -0.39 is 21.4 Å². The highest BCUT2D eigenvalue weighted by Crippen LogP contribution is 2.33. The van der Waals surface area contributed by atoms with Crippen molar-refractivity contribution in [1.29, 1.82) is 4.78 Å². The molecule has 1 unspecified atom stereocenters. The molecule has 1 aliphatic rings. The predicted octanol–water partition coefficient (Wildman–Crippen LogP) is 2.24. The van der Waals surface area contributed by atoms with Crippen LogP contribution in [-0.4, -0.2) is 25.8 Å². The molecule has 26 heavy (non-hydrogen) atoms. The highest BCUT2D eigenvalue weighted by atomic mass is 32.2. The molecule has 7 nitrogen and oxygen atoms in total. The van der Waals surface area contributed by atoms with Crippen molar-refractivity contribution in [1.82, 2.24) is 9.97 Å². The summed E-state index contributed by atoms with van der Waals surface area (Å²) in [4.78, 5) is 21.6. The zero-order valence-corrected chi connectivity index (χ0v) is 14.8. The average molecular weight is 381 g/mol. The summed E-state index contributed by atoms with van der Waals surface area (Å²) < 4.78 is 47.4. The van der Waals surface area contributed by atoms with Crippen LogP contribution in [0.5, 0.6) is 0 Å². The lowest BCUT2D eigenvalue weighted by molar-refractivity contribution is -0.117. The lowest BCUT2D eigenvalue weighted by Crippen LogP contribution is -2.27. The van der Waals surface area contributed by atoms with Gasteiger partial charge in [0.15, 0.2) is 0 Å². The highest BCUT2D eigenvalue weighted by molar-refractivity contribution is 7.92.